The molecule has 1 rings (SSSR count). The number of hydrazine groups is 1. The Bertz CT molecular complexity index is 305. The first kappa shape index (κ1) is 12.0. The molecular formula is C10H13F3N2. The van der Waals surface area contributed by atoms with E-state index in [1.807, 2.05) is 6.92 Å². The molecule has 84 valence electrons. The third kappa shape index (κ3) is 3.21. The van der Waals surface area contributed by atoms with Gasteiger partial charge in [-0.2, -0.15) is 13.2 Å². The summed E-state index contributed by atoms with van der Waals surface area (Å²) in [5, 5.41) is 0. The Morgan fingerprint density at radius 1 is 1.13 bits per heavy atom. The second-order valence-corrected chi connectivity index (χ2v) is 3.24. The molecular weight excluding hydrogens is 205 g/mol. The Hall–Kier alpha value is -1.07. The molecule has 0 fully saturated rings. The van der Waals surface area contributed by atoms with Crippen molar-refractivity contribution < 1.29 is 13.2 Å². The molecule has 1 aromatic carbocycles. The maximum atomic E-state index is 12.2. The molecule has 0 saturated carbocycles. The van der Waals surface area contributed by atoms with Crippen molar-refractivity contribution in [2.75, 3.05) is 7.05 Å². The summed E-state index contributed by atoms with van der Waals surface area (Å²) in [5.74, 6) is 0. The molecule has 0 aliphatic carbocycles. The standard InChI is InChI=1S/C10H13F3N2/c1-7(15-14-2)8-3-5-9(6-4-8)10(11,12)13/h3-7,14-15H,1-2H3/t7-/m1/s1. The first-order chi connectivity index (χ1) is 6.95. The molecule has 2 nitrogen and oxygen atoms in total. The zero-order valence-corrected chi connectivity index (χ0v) is 8.52. The van der Waals surface area contributed by atoms with Crippen LogP contribution in [0.5, 0.6) is 0 Å². The van der Waals surface area contributed by atoms with Crippen LogP contribution in [0, 0.1) is 0 Å². The van der Waals surface area contributed by atoms with Crippen LogP contribution in [0.3, 0.4) is 0 Å². The van der Waals surface area contributed by atoms with Crippen molar-refractivity contribution in [3.63, 3.8) is 0 Å². The van der Waals surface area contributed by atoms with Gasteiger partial charge in [0.25, 0.3) is 0 Å². The normalized spacial score (nSPS) is 13.9. The quantitative estimate of drug-likeness (QED) is 0.762. The summed E-state index contributed by atoms with van der Waals surface area (Å²) in [7, 11) is 1.71. The summed E-state index contributed by atoms with van der Waals surface area (Å²) in [6.45, 7) is 1.86. The molecule has 0 amide bonds. The SMILES string of the molecule is CNN[C@H](C)c1ccc(C(F)(F)F)cc1. The number of halogens is 3. The Balaban J connectivity index is 2.81. The topological polar surface area (TPSA) is 24.1 Å². The summed E-state index contributed by atoms with van der Waals surface area (Å²) in [5.41, 5.74) is 5.81. The Kier molecular flexibility index (Phi) is 3.71. The monoisotopic (exact) mass is 218 g/mol. The van der Waals surface area contributed by atoms with Crippen molar-refractivity contribution in [2.24, 2.45) is 0 Å². The van der Waals surface area contributed by atoms with Crippen molar-refractivity contribution >= 4 is 0 Å². The highest BCUT2D eigenvalue weighted by molar-refractivity contribution is 5.26. The molecule has 15 heavy (non-hydrogen) atoms. The van der Waals surface area contributed by atoms with E-state index in [9.17, 15) is 13.2 Å². The fourth-order valence-electron chi connectivity index (χ4n) is 1.26. The number of hydrogen-bond acceptors (Lipinski definition) is 2. The van der Waals surface area contributed by atoms with Crippen LogP contribution in [0.1, 0.15) is 24.1 Å². The van der Waals surface area contributed by atoms with Gasteiger partial charge >= 0.3 is 6.18 Å². The van der Waals surface area contributed by atoms with Crippen molar-refractivity contribution in [1.82, 2.24) is 10.9 Å². The number of rotatable bonds is 3. The zero-order valence-electron chi connectivity index (χ0n) is 8.52. The van der Waals surface area contributed by atoms with Crippen molar-refractivity contribution in [1.29, 1.82) is 0 Å². The Labute approximate surface area is 86.5 Å². The van der Waals surface area contributed by atoms with Gasteiger partial charge in [0.15, 0.2) is 0 Å². The molecule has 1 atom stereocenters. The number of benzene rings is 1. The van der Waals surface area contributed by atoms with E-state index in [2.05, 4.69) is 10.9 Å². The fraction of sp³-hybridized carbons (Fsp3) is 0.400. The van der Waals surface area contributed by atoms with Gasteiger partial charge in [-0.25, -0.2) is 0 Å². The van der Waals surface area contributed by atoms with Crippen LogP contribution in [0.25, 0.3) is 0 Å². The summed E-state index contributed by atoms with van der Waals surface area (Å²) in [6.07, 6.45) is -4.27. The molecule has 1 aromatic rings. The molecule has 0 aliphatic rings. The third-order valence-corrected chi connectivity index (χ3v) is 2.10. The highest BCUT2D eigenvalue weighted by atomic mass is 19.4. The van der Waals surface area contributed by atoms with E-state index < -0.39 is 11.7 Å². The summed E-state index contributed by atoms with van der Waals surface area (Å²) < 4.78 is 36.7. The van der Waals surface area contributed by atoms with Gasteiger partial charge in [-0.15, -0.1) is 0 Å². The molecule has 0 saturated heterocycles. The van der Waals surface area contributed by atoms with Crippen LogP contribution in [0.2, 0.25) is 0 Å². The zero-order chi connectivity index (χ0) is 11.5. The van der Waals surface area contributed by atoms with Crippen LogP contribution in [-0.2, 0) is 6.18 Å². The molecule has 0 bridgehead atoms. The molecule has 0 heterocycles. The maximum Gasteiger partial charge on any atom is 0.416 e. The van der Waals surface area contributed by atoms with E-state index in [0.29, 0.717) is 0 Å². The molecule has 2 N–H and O–H groups in total. The lowest BCUT2D eigenvalue weighted by molar-refractivity contribution is -0.137. The summed E-state index contributed by atoms with van der Waals surface area (Å²) in [4.78, 5) is 0. The molecule has 0 aliphatic heterocycles. The largest absolute Gasteiger partial charge is 0.416 e. The van der Waals surface area contributed by atoms with Crippen LogP contribution < -0.4 is 10.9 Å². The second-order valence-electron chi connectivity index (χ2n) is 3.24. The summed E-state index contributed by atoms with van der Waals surface area (Å²) >= 11 is 0. The third-order valence-electron chi connectivity index (χ3n) is 2.10. The van der Waals surface area contributed by atoms with Crippen molar-refractivity contribution in [3.05, 3.63) is 35.4 Å². The first-order valence-electron chi connectivity index (χ1n) is 4.54. The first-order valence-corrected chi connectivity index (χ1v) is 4.54. The van der Waals surface area contributed by atoms with E-state index in [1.165, 1.54) is 12.1 Å². The van der Waals surface area contributed by atoms with Gasteiger partial charge in [0.1, 0.15) is 0 Å². The molecule has 5 heteroatoms. The van der Waals surface area contributed by atoms with Gasteiger partial charge in [-0.3, -0.25) is 10.9 Å². The summed E-state index contributed by atoms with van der Waals surface area (Å²) in [6, 6.07) is 5.08. The van der Waals surface area contributed by atoms with Gasteiger partial charge in [0.05, 0.1) is 5.56 Å². The van der Waals surface area contributed by atoms with E-state index >= 15 is 0 Å². The highest BCUT2D eigenvalue weighted by Gasteiger charge is 2.30. The molecule has 0 unspecified atom stereocenters. The second kappa shape index (κ2) is 4.63. The minimum Gasteiger partial charge on any atom is -0.260 e. The van der Waals surface area contributed by atoms with Gasteiger partial charge < -0.3 is 0 Å². The van der Waals surface area contributed by atoms with Crippen LogP contribution >= 0.6 is 0 Å². The van der Waals surface area contributed by atoms with Crippen LogP contribution in [0.15, 0.2) is 24.3 Å². The van der Waals surface area contributed by atoms with Gasteiger partial charge in [-0.05, 0) is 31.7 Å². The van der Waals surface area contributed by atoms with Gasteiger partial charge in [0.2, 0.25) is 0 Å². The average molecular weight is 218 g/mol. The van der Waals surface area contributed by atoms with E-state index in [0.717, 1.165) is 17.7 Å². The minimum atomic E-state index is -4.27. The maximum absolute atomic E-state index is 12.2. The molecule has 0 aromatic heterocycles. The lowest BCUT2D eigenvalue weighted by Crippen LogP contribution is -2.30. The Morgan fingerprint density at radius 3 is 2.07 bits per heavy atom. The van der Waals surface area contributed by atoms with E-state index in [-0.39, 0.29) is 6.04 Å². The Morgan fingerprint density at radius 2 is 1.67 bits per heavy atom. The van der Waals surface area contributed by atoms with E-state index in [1.54, 1.807) is 7.05 Å². The molecule has 0 spiro atoms. The van der Waals surface area contributed by atoms with E-state index in [4.69, 9.17) is 0 Å². The number of hydrogen-bond donors (Lipinski definition) is 2. The van der Waals surface area contributed by atoms with Gasteiger partial charge in [-0.1, -0.05) is 12.1 Å². The van der Waals surface area contributed by atoms with Crippen molar-refractivity contribution in [2.45, 2.75) is 19.1 Å². The van der Waals surface area contributed by atoms with Crippen LogP contribution in [-0.4, -0.2) is 7.05 Å². The average Bonchev–Trinajstić information content (AvgIpc) is 2.17. The van der Waals surface area contributed by atoms with Crippen molar-refractivity contribution in [3.8, 4) is 0 Å². The lowest BCUT2D eigenvalue weighted by Gasteiger charge is -2.14. The van der Waals surface area contributed by atoms with Crippen LogP contribution in [0.4, 0.5) is 13.2 Å². The lowest BCUT2D eigenvalue weighted by atomic mass is 10.1. The molecule has 0 radical (unpaired) electrons. The number of nitrogens with one attached hydrogen (secondary N) is 2. The van der Waals surface area contributed by atoms with Gasteiger partial charge in [0, 0.05) is 6.04 Å². The number of alkyl halides is 3. The fourth-order valence-corrected chi connectivity index (χ4v) is 1.26. The predicted molar refractivity (Wildman–Crippen MR) is 52.1 cm³/mol. The predicted octanol–water partition coefficient (Wildman–Crippen LogP) is 2.49. The minimum absolute atomic E-state index is 0.0303. The highest BCUT2D eigenvalue weighted by Crippen LogP contribution is 2.29. The smallest absolute Gasteiger partial charge is 0.260 e.